The van der Waals surface area contributed by atoms with Gasteiger partial charge in [-0.05, 0) is 89.8 Å². The van der Waals surface area contributed by atoms with Crippen LogP contribution in [0.15, 0.2) is 126 Å². The topological polar surface area (TPSA) is 20.0 Å². The summed E-state index contributed by atoms with van der Waals surface area (Å²) in [5.41, 5.74) is 9.42. The number of para-hydroxylation sites is 2. The summed E-state index contributed by atoms with van der Waals surface area (Å²) in [5.74, 6) is 0.933. The molecule has 7 aromatic carbocycles. The van der Waals surface area contributed by atoms with Crippen LogP contribution >= 0.6 is 0 Å². The van der Waals surface area contributed by atoms with Crippen LogP contribution < -0.4 is 4.90 Å². The number of anilines is 2. The van der Waals surface area contributed by atoms with Gasteiger partial charge in [0.2, 0.25) is 0 Å². The number of aromatic nitrogens is 1. The van der Waals surface area contributed by atoms with Gasteiger partial charge in [0.15, 0.2) is 0 Å². The van der Waals surface area contributed by atoms with Gasteiger partial charge in [0.1, 0.15) is 5.84 Å². The van der Waals surface area contributed by atoms with Crippen LogP contribution in [0.3, 0.4) is 0 Å². The Morgan fingerprint density at radius 1 is 0.558 bits per heavy atom. The monoisotopic (exact) mass is 551 g/mol. The van der Waals surface area contributed by atoms with Gasteiger partial charge in [-0.15, -0.1) is 0 Å². The van der Waals surface area contributed by atoms with Gasteiger partial charge in [0.25, 0.3) is 0 Å². The summed E-state index contributed by atoms with van der Waals surface area (Å²) in [4.78, 5) is 7.45. The zero-order valence-corrected chi connectivity index (χ0v) is 24.4. The number of hydrogen-bond acceptors (Lipinski definition) is 1. The van der Waals surface area contributed by atoms with Gasteiger partial charge in [-0.25, -0.2) is 4.99 Å². The van der Waals surface area contributed by atoms with Crippen LogP contribution in [0, 0.1) is 13.8 Å². The Kier molecular flexibility index (Phi) is 4.95. The van der Waals surface area contributed by atoms with Gasteiger partial charge in [0, 0.05) is 27.2 Å². The first-order valence-corrected chi connectivity index (χ1v) is 14.9. The number of rotatable bonds is 3. The summed E-state index contributed by atoms with van der Waals surface area (Å²) in [5, 5.41) is 10.6. The Morgan fingerprint density at radius 2 is 1.23 bits per heavy atom. The van der Waals surface area contributed by atoms with Crippen LogP contribution in [0.25, 0.3) is 59.6 Å². The molecule has 0 atom stereocenters. The quantitative estimate of drug-likeness (QED) is 0.121. The van der Waals surface area contributed by atoms with E-state index in [1.807, 2.05) is 0 Å². The lowest BCUT2D eigenvalue weighted by Gasteiger charge is -2.26. The lowest BCUT2D eigenvalue weighted by molar-refractivity contribution is 1.26. The zero-order valence-electron chi connectivity index (χ0n) is 24.4. The fourth-order valence-electron chi connectivity index (χ4n) is 7.36. The van der Waals surface area contributed by atoms with E-state index >= 15 is 0 Å². The smallest absolute Gasteiger partial charge is 0.111 e. The minimum atomic E-state index is 0.933. The second-order valence-corrected chi connectivity index (χ2v) is 11.7. The van der Waals surface area contributed by atoms with E-state index in [0.717, 1.165) is 28.5 Å². The van der Waals surface area contributed by atoms with Crippen molar-refractivity contribution < 1.29 is 0 Å². The third-order valence-corrected chi connectivity index (χ3v) is 9.29. The summed E-state index contributed by atoms with van der Waals surface area (Å²) in [6.07, 6.45) is 0. The van der Waals surface area contributed by atoms with Crippen molar-refractivity contribution in [2.75, 3.05) is 4.90 Å². The fraction of sp³-hybridized carbons (Fsp3) is 0.0750. The van der Waals surface area contributed by atoms with Crippen molar-refractivity contribution in [2.24, 2.45) is 4.99 Å². The molecule has 9 rings (SSSR count). The second kappa shape index (κ2) is 8.80. The van der Waals surface area contributed by atoms with Gasteiger partial charge < -0.3 is 4.40 Å². The van der Waals surface area contributed by atoms with E-state index < -0.39 is 0 Å². The molecule has 204 valence electrons. The fourth-order valence-corrected chi connectivity index (χ4v) is 7.36. The highest BCUT2D eigenvalue weighted by atomic mass is 15.2. The molecule has 0 fully saturated rings. The van der Waals surface area contributed by atoms with E-state index in [0.29, 0.717) is 0 Å². The molecule has 3 nitrogen and oxygen atoms in total. The maximum Gasteiger partial charge on any atom is 0.111 e. The van der Waals surface area contributed by atoms with Crippen molar-refractivity contribution in [3.05, 3.63) is 132 Å². The van der Waals surface area contributed by atoms with E-state index in [-0.39, 0.29) is 0 Å². The SMILES string of the molecule is CC(=Nc1ccccc1C)N(c1ccc2c(c1)c1ccc3c4ccccc4c4cccc5c4c3c1n25)c1ccccc1C. The van der Waals surface area contributed by atoms with Crippen molar-refractivity contribution in [1.82, 2.24) is 4.40 Å². The van der Waals surface area contributed by atoms with E-state index in [9.17, 15) is 0 Å². The molecule has 9 aromatic rings. The molecule has 2 aromatic heterocycles. The maximum atomic E-state index is 5.14. The van der Waals surface area contributed by atoms with Crippen LogP contribution in [0.4, 0.5) is 17.1 Å². The average Bonchev–Trinajstić information content (AvgIpc) is 3.55. The molecular weight excluding hydrogens is 522 g/mol. The molecule has 0 aliphatic heterocycles. The number of hydrogen-bond donors (Lipinski definition) is 0. The molecule has 43 heavy (non-hydrogen) atoms. The largest absolute Gasteiger partial charge is 0.308 e. The Labute approximate surface area is 249 Å². The number of aliphatic imine (C=N–C) groups is 1. The van der Waals surface area contributed by atoms with Crippen molar-refractivity contribution in [3.8, 4) is 0 Å². The normalized spacial score (nSPS) is 12.7. The molecular formula is C40H29N3. The Morgan fingerprint density at radius 3 is 2.02 bits per heavy atom. The van der Waals surface area contributed by atoms with Gasteiger partial charge in [-0.1, -0.05) is 84.9 Å². The van der Waals surface area contributed by atoms with Gasteiger partial charge in [0.05, 0.1) is 27.9 Å². The highest BCUT2D eigenvalue weighted by molar-refractivity contribution is 6.38. The number of aryl methyl sites for hydroxylation is 2. The van der Waals surface area contributed by atoms with Gasteiger partial charge >= 0.3 is 0 Å². The lowest BCUT2D eigenvalue weighted by Crippen LogP contribution is -2.23. The van der Waals surface area contributed by atoms with E-state index in [4.69, 9.17) is 4.99 Å². The summed E-state index contributed by atoms with van der Waals surface area (Å²) in [6, 6.07) is 44.1. The van der Waals surface area contributed by atoms with Crippen LogP contribution in [0.2, 0.25) is 0 Å². The van der Waals surface area contributed by atoms with Crippen molar-refractivity contribution >= 4 is 82.5 Å². The molecule has 0 aliphatic carbocycles. The first-order valence-electron chi connectivity index (χ1n) is 14.9. The number of nitrogens with zero attached hydrogens (tertiary/aromatic N) is 3. The third kappa shape index (κ3) is 3.28. The van der Waals surface area contributed by atoms with E-state index in [1.165, 1.54) is 65.2 Å². The third-order valence-electron chi connectivity index (χ3n) is 9.29. The predicted molar refractivity (Wildman–Crippen MR) is 185 cm³/mol. The first kappa shape index (κ1) is 24.2. The summed E-state index contributed by atoms with van der Waals surface area (Å²) in [6.45, 7) is 6.40. The number of fused-ring (bicyclic) bond motifs is 7. The summed E-state index contributed by atoms with van der Waals surface area (Å²) >= 11 is 0. The standard InChI is InChI=1S/C40H29N3/c1-24-11-4-8-16-34(24)41-26(3)42(35-17-9-5-12-25(35)2)27-19-22-36-33(23-27)32-21-20-31-29-14-7-6-13-28(29)30-15-10-18-37-38(30)39(31)40(32)43(36)37/h4-23H,1-3H3. The van der Waals surface area contributed by atoms with E-state index in [1.54, 1.807) is 0 Å². The molecule has 0 radical (unpaired) electrons. The summed E-state index contributed by atoms with van der Waals surface area (Å²) in [7, 11) is 0. The molecule has 0 unspecified atom stereocenters. The molecule has 0 saturated carbocycles. The van der Waals surface area contributed by atoms with Crippen LogP contribution in [-0.2, 0) is 0 Å². The van der Waals surface area contributed by atoms with Crippen LogP contribution in [0.5, 0.6) is 0 Å². The van der Waals surface area contributed by atoms with Gasteiger partial charge in [-0.2, -0.15) is 0 Å². The molecule has 0 bridgehead atoms. The Hall–Kier alpha value is -5.41. The summed E-state index contributed by atoms with van der Waals surface area (Å²) < 4.78 is 2.49. The first-order chi connectivity index (χ1) is 21.1. The number of benzene rings is 7. The molecule has 0 aliphatic rings. The number of amidine groups is 1. The highest BCUT2D eigenvalue weighted by Crippen LogP contribution is 2.47. The average molecular weight is 552 g/mol. The maximum absolute atomic E-state index is 5.14. The molecule has 2 heterocycles. The van der Waals surface area contributed by atoms with Gasteiger partial charge in [-0.3, -0.25) is 4.90 Å². The second-order valence-electron chi connectivity index (χ2n) is 11.7. The van der Waals surface area contributed by atoms with Crippen LogP contribution in [-0.4, -0.2) is 10.2 Å². The molecule has 0 saturated heterocycles. The molecule has 0 N–H and O–H groups in total. The van der Waals surface area contributed by atoms with Crippen LogP contribution in [0.1, 0.15) is 18.1 Å². The minimum absolute atomic E-state index is 0.933. The Bertz CT molecular complexity index is 2550. The molecule has 0 spiro atoms. The highest BCUT2D eigenvalue weighted by Gasteiger charge is 2.24. The van der Waals surface area contributed by atoms with Crippen molar-refractivity contribution in [3.63, 3.8) is 0 Å². The minimum Gasteiger partial charge on any atom is -0.308 e. The zero-order chi connectivity index (χ0) is 28.8. The lowest BCUT2D eigenvalue weighted by atomic mass is 9.93. The van der Waals surface area contributed by atoms with Crippen molar-refractivity contribution in [1.29, 1.82) is 0 Å². The molecule has 0 amide bonds. The Balaban J connectivity index is 1.35. The van der Waals surface area contributed by atoms with E-state index in [2.05, 4.69) is 151 Å². The molecule has 3 heteroatoms. The predicted octanol–water partition coefficient (Wildman–Crippen LogP) is 11.1. The van der Waals surface area contributed by atoms with Crippen molar-refractivity contribution in [2.45, 2.75) is 20.8 Å².